The molecule has 0 heterocycles. The van der Waals surface area contributed by atoms with Crippen molar-refractivity contribution in [1.82, 2.24) is 0 Å². The van der Waals surface area contributed by atoms with Crippen LogP contribution in [0.1, 0.15) is 18.4 Å². The number of hydrogen-bond acceptors (Lipinski definition) is 3. The Labute approximate surface area is 77.9 Å². The summed E-state index contributed by atoms with van der Waals surface area (Å²) in [4.78, 5) is 0. The van der Waals surface area contributed by atoms with Gasteiger partial charge in [-0.05, 0) is 37.0 Å². The standard InChI is InChI=1S/C10H14N2O/c11-12-10-6-4-9(5-7-10)3-1-2-8-13/h4-7,11,13H,1-3,8H2. The number of unbranched alkanes of at least 4 members (excludes halogenated alkanes) is 1. The molecule has 1 rings (SSSR count). The molecule has 0 spiro atoms. The number of rotatable bonds is 5. The van der Waals surface area contributed by atoms with Crippen molar-refractivity contribution >= 4 is 5.69 Å². The van der Waals surface area contributed by atoms with Crippen molar-refractivity contribution in [2.45, 2.75) is 19.3 Å². The van der Waals surface area contributed by atoms with Gasteiger partial charge in [0.1, 0.15) is 0 Å². The highest BCUT2D eigenvalue weighted by Gasteiger charge is 1.93. The fourth-order valence-corrected chi connectivity index (χ4v) is 1.18. The molecule has 0 aliphatic rings. The Morgan fingerprint density at radius 3 is 2.38 bits per heavy atom. The quantitative estimate of drug-likeness (QED) is 0.528. The Hall–Kier alpha value is -1.22. The predicted octanol–water partition coefficient (Wildman–Crippen LogP) is 2.66. The lowest BCUT2D eigenvalue weighted by Crippen LogP contribution is -1.87. The molecular weight excluding hydrogens is 164 g/mol. The monoisotopic (exact) mass is 178 g/mol. The number of hydrogen-bond donors (Lipinski definition) is 2. The predicted molar refractivity (Wildman–Crippen MR) is 51.3 cm³/mol. The zero-order valence-electron chi connectivity index (χ0n) is 7.53. The lowest BCUT2D eigenvalue weighted by atomic mass is 10.1. The summed E-state index contributed by atoms with van der Waals surface area (Å²) in [6.45, 7) is 0.264. The van der Waals surface area contributed by atoms with E-state index in [-0.39, 0.29) is 6.61 Å². The Balaban J connectivity index is 2.44. The van der Waals surface area contributed by atoms with Gasteiger partial charge in [0.05, 0.1) is 5.69 Å². The van der Waals surface area contributed by atoms with E-state index in [0.29, 0.717) is 5.69 Å². The van der Waals surface area contributed by atoms with Gasteiger partial charge in [0, 0.05) is 6.61 Å². The third-order valence-electron chi connectivity index (χ3n) is 1.94. The summed E-state index contributed by atoms with van der Waals surface area (Å²) in [5.41, 5.74) is 8.70. The molecule has 0 atom stereocenters. The Bertz CT molecular complexity index is 256. The Kier molecular flexibility index (Phi) is 4.12. The molecule has 13 heavy (non-hydrogen) atoms. The fraction of sp³-hybridized carbons (Fsp3) is 0.400. The van der Waals surface area contributed by atoms with Gasteiger partial charge in [-0.15, -0.1) is 0 Å². The van der Waals surface area contributed by atoms with Crippen LogP contribution in [0.5, 0.6) is 0 Å². The van der Waals surface area contributed by atoms with E-state index in [0.717, 1.165) is 19.3 Å². The first kappa shape index (κ1) is 9.86. The van der Waals surface area contributed by atoms with Crippen LogP contribution in [0.2, 0.25) is 0 Å². The first-order chi connectivity index (χ1) is 6.36. The van der Waals surface area contributed by atoms with Crippen LogP contribution in [-0.4, -0.2) is 11.7 Å². The van der Waals surface area contributed by atoms with Crippen molar-refractivity contribution in [3.05, 3.63) is 29.8 Å². The molecule has 1 aromatic rings. The van der Waals surface area contributed by atoms with E-state index in [1.807, 2.05) is 24.3 Å². The molecule has 0 fully saturated rings. The summed E-state index contributed by atoms with van der Waals surface area (Å²) in [6, 6.07) is 7.62. The van der Waals surface area contributed by atoms with E-state index >= 15 is 0 Å². The number of benzene rings is 1. The van der Waals surface area contributed by atoms with Gasteiger partial charge in [0.15, 0.2) is 0 Å². The molecule has 1 aromatic carbocycles. The van der Waals surface area contributed by atoms with Crippen molar-refractivity contribution in [2.75, 3.05) is 6.61 Å². The first-order valence-electron chi connectivity index (χ1n) is 4.44. The minimum absolute atomic E-state index is 0.264. The fourth-order valence-electron chi connectivity index (χ4n) is 1.18. The van der Waals surface area contributed by atoms with Crippen LogP contribution >= 0.6 is 0 Å². The van der Waals surface area contributed by atoms with Crippen molar-refractivity contribution in [3.63, 3.8) is 0 Å². The van der Waals surface area contributed by atoms with Gasteiger partial charge in [-0.1, -0.05) is 12.1 Å². The summed E-state index contributed by atoms with van der Waals surface area (Å²) < 4.78 is 0. The highest BCUT2D eigenvalue weighted by atomic mass is 16.2. The van der Waals surface area contributed by atoms with Gasteiger partial charge in [-0.2, -0.15) is 5.11 Å². The third kappa shape index (κ3) is 3.34. The van der Waals surface area contributed by atoms with Crippen LogP contribution in [0.4, 0.5) is 5.69 Å². The second kappa shape index (κ2) is 5.43. The lowest BCUT2D eigenvalue weighted by molar-refractivity contribution is 0.284. The average molecular weight is 178 g/mol. The van der Waals surface area contributed by atoms with Crippen LogP contribution in [0.25, 0.3) is 0 Å². The van der Waals surface area contributed by atoms with E-state index < -0.39 is 0 Å². The number of nitrogens with zero attached hydrogens (tertiary/aromatic N) is 1. The van der Waals surface area contributed by atoms with E-state index in [1.54, 1.807) is 0 Å². The van der Waals surface area contributed by atoms with Crippen molar-refractivity contribution in [3.8, 4) is 0 Å². The van der Waals surface area contributed by atoms with Crippen LogP contribution in [0, 0.1) is 5.53 Å². The smallest absolute Gasteiger partial charge is 0.0850 e. The molecule has 0 amide bonds. The van der Waals surface area contributed by atoms with E-state index in [2.05, 4.69) is 5.11 Å². The molecule has 3 heteroatoms. The summed E-state index contributed by atoms with van der Waals surface area (Å²) in [6.07, 6.45) is 2.84. The minimum atomic E-state index is 0.264. The van der Waals surface area contributed by atoms with E-state index in [9.17, 15) is 0 Å². The molecule has 0 bridgehead atoms. The molecule has 0 saturated heterocycles. The van der Waals surface area contributed by atoms with Gasteiger partial charge in [-0.25, -0.2) is 5.53 Å². The normalized spacial score (nSPS) is 9.92. The molecule has 0 saturated carbocycles. The Morgan fingerprint density at radius 1 is 1.15 bits per heavy atom. The zero-order valence-corrected chi connectivity index (χ0v) is 7.53. The van der Waals surface area contributed by atoms with Crippen LogP contribution in [0.3, 0.4) is 0 Å². The largest absolute Gasteiger partial charge is 0.396 e. The summed E-state index contributed by atoms with van der Waals surface area (Å²) in [7, 11) is 0. The van der Waals surface area contributed by atoms with Crippen LogP contribution in [0.15, 0.2) is 29.4 Å². The van der Waals surface area contributed by atoms with E-state index in [1.165, 1.54) is 5.56 Å². The number of aryl methyl sites for hydroxylation is 1. The molecule has 0 aliphatic carbocycles. The highest BCUT2D eigenvalue weighted by Crippen LogP contribution is 2.13. The summed E-state index contributed by atoms with van der Waals surface area (Å²) in [5.74, 6) is 0. The third-order valence-corrected chi connectivity index (χ3v) is 1.94. The SMILES string of the molecule is N=Nc1ccc(CCCCO)cc1. The van der Waals surface area contributed by atoms with Crippen molar-refractivity contribution < 1.29 is 5.11 Å². The minimum Gasteiger partial charge on any atom is -0.396 e. The molecule has 0 aliphatic heterocycles. The molecule has 70 valence electrons. The van der Waals surface area contributed by atoms with Gasteiger partial charge >= 0.3 is 0 Å². The van der Waals surface area contributed by atoms with Gasteiger partial charge in [0.2, 0.25) is 0 Å². The molecule has 0 unspecified atom stereocenters. The molecule has 2 N–H and O–H groups in total. The second-order valence-electron chi connectivity index (χ2n) is 2.96. The molecular formula is C10H14N2O. The maximum Gasteiger partial charge on any atom is 0.0850 e. The summed E-state index contributed by atoms with van der Waals surface area (Å²) in [5, 5.41) is 11.9. The van der Waals surface area contributed by atoms with E-state index in [4.69, 9.17) is 10.6 Å². The number of aliphatic hydroxyl groups is 1. The zero-order chi connectivity index (χ0) is 9.52. The van der Waals surface area contributed by atoms with Crippen molar-refractivity contribution in [2.24, 2.45) is 5.11 Å². The molecule has 0 aromatic heterocycles. The highest BCUT2D eigenvalue weighted by molar-refractivity contribution is 5.37. The van der Waals surface area contributed by atoms with Crippen LogP contribution in [-0.2, 0) is 6.42 Å². The van der Waals surface area contributed by atoms with Gasteiger partial charge < -0.3 is 5.11 Å². The van der Waals surface area contributed by atoms with Crippen LogP contribution < -0.4 is 0 Å². The number of nitrogens with one attached hydrogen (secondary N) is 1. The Morgan fingerprint density at radius 2 is 1.85 bits per heavy atom. The van der Waals surface area contributed by atoms with Crippen molar-refractivity contribution in [1.29, 1.82) is 5.53 Å². The average Bonchev–Trinajstić information content (AvgIpc) is 2.19. The molecule has 0 radical (unpaired) electrons. The van der Waals surface area contributed by atoms with Gasteiger partial charge in [0.25, 0.3) is 0 Å². The van der Waals surface area contributed by atoms with Gasteiger partial charge in [-0.3, -0.25) is 0 Å². The topological polar surface area (TPSA) is 56.4 Å². The second-order valence-corrected chi connectivity index (χ2v) is 2.96. The maximum absolute atomic E-state index is 8.59. The summed E-state index contributed by atoms with van der Waals surface area (Å²) >= 11 is 0. The molecule has 3 nitrogen and oxygen atoms in total. The lowest BCUT2D eigenvalue weighted by Gasteiger charge is -1.99. The maximum atomic E-state index is 8.59. The first-order valence-corrected chi connectivity index (χ1v) is 4.44. The number of aliphatic hydroxyl groups excluding tert-OH is 1.